The van der Waals surface area contributed by atoms with E-state index in [4.69, 9.17) is 5.73 Å². The van der Waals surface area contributed by atoms with Crippen molar-refractivity contribution >= 4 is 11.4 Å². The third kappa shape index (κ3) is 1.99. The van der Waals surface area contributed by atoms with Crippen LogP contribution in [0.25, 0.3) is 0 Å². The summed E-state index contributed by atoms with van der Waals surface area (Å²) in [6, 6.07) is 4.98. The molecule has 2 aliphatic rings. The Kier molecular flexibility index (Phi) is 2.69. The van der Waals surface area contributed by atoms with Gasteiger partial charge in [0.2, 0.25) is 0 Å². The van der Waals surface area contributed by atoms with Crippen molar-refractivity contribution in [1.29, 1.82) is 0 Å². The maximum atomic E-state index is 13.9. The van der Waals surface area contributed by atoms with Gasteiger partial charge in [0.15, 0.2) is 0 Å². The molecule has 2 unspecified atom stereocenters. The van der Waals surface area contributed by atoms with Crippen molar-refractivity contribution in [3.8, 4) is 0 Å². The molecule has 1 aliphatic carbocycles. The lowest BCUT2D eigenvalue weighted by atomic mass is 9.78. The molecular weight excluding hydrogens is 215 g/mol. The van der Waals surface area contributed by atoms with Crippen molar-refractivity contribution in [2.45, 2.75) is 25.7 Å². The molecule has 0 aromatic heterocycles. The maximum absolute atomic E-state index is 13.9. The molecule has 3 rings (SSSR count). The van der Waals surface area contributed by atoms with Gasteiger partial charge in [-0.05, 0) is 43.2 Å². The summed E-state index contributed by atoms with van der Waals surface area (Å²) >= 11 is 0. The number of rotatable bonds is 1. The average molecular weight is 234 g/mol. The molecule has 2 N–H and O–H groups in total. The van der Waals surface area contributed by atoms with Gasteiger partial charge in [0.05, 0.1) is 11.4 Å². The summed E-state index contributed by atoms with van der Waals surface area (Å²) in [5.41, 5.74) is 7.12. The minimum atomic E-state index is -0.176. The minimum Gasteiger partial charge on any atom is -0.397 e. The Morgan fingerprint density at radius 3 is 2.53 bits per heavy atom. The standard InChI is InChI=1S/C14H19FN2/c15-12-5-2-6-13(16)14(12)17-8-10-3-1-4-11(7-10)9-17/h2,5-6,10-11H,1,3-4,7-9,16H2. The van der Waals surface area contributed by atoms with E-state index in [2.05, 4.69) is 4.90 Å². The maximum Gasteiger partial charge on any atom is 0.148 e. The smallest absolute Gasteiger partial charge is 0.148 e. The first-order chi connectivity index (χ1) is 8.24. The van der Waals surface area contributed by atoms with Crippen LogP contribution in [0.15, 0.2) is 18.2 Å². The van der Waals surface area contributed by atoms with E-state index in [1.165, 1.54) is 31.7 Å². The largest absolute Gasteiger partial charge is 0.397 e. The summed E-state index contributed by atoms with van der Waals surface area (Å²) < 4.78 is 13.9. The van der Waals surface area contributed by atoms with Gasteiger partial charge in [0, 0.05) is 13.1 Å². The second kappa shape index (κ2) is 4.21. The van der Waals surface area contributed by atoms with E-state index >= 15 is 0 Å². The number of halogens is 1. The van der Waals surface area contributed by atoms with Gasteiger partial charge in [0.1, 0.15) is 5.82 Å². The normalized spacial score (nSPS) is 28.2. The van der Waals surface area contributed by atoms with Crippen molar-refractivity contribution in [3.63, 3.8) is 0 Å². The fourth-order valence-electron chi connectivity index (χ4n) is 3.48. The first kappa shape index (κ1) is 10.9. The van der Waals surface area contributed by atoms with Crippen molar-refractivity contribution in [1.82, 2.24) is 0 Å². The number of fused-ring (bicyclic) bond motifs is 2. The number of nitrogens with two attached hydrogens (primary N) is 1. The molecule has 3 heteroatoms. The Labute approximate surface area is 102 Å². The Hall–Kier alpha value is -1.25. The number of nitrogen functional groups attached to an aromatic ring is 1. The zero-order valence-electron chi connectivity index (χ0n) is 10.0. The molecular formula is C14H19FN2. The number of hydrogen-bond acceptors (Lipinski definition) is 2. The summed E-state index contributed by atoms with van der Waals surface area (Å²) in [4.78, 5) is 2.17. The highest BCUT2D eigenvalue weighted by Crippen LogP contribution is 2.38. The highest BCUT2D eigenvalue weighted by molar-refractivity contribution is 5.68. The number of anilines is 2. The molecule has 1 heterocycles. The number of para-hydroxylation sites is 1. The Bertz CT molecular complexity index is 386. The van der Waals surface area contributed by atoms with E-state index in [1.54, 1.807) is 12.1 Å². The van der Waals surface area contributed by atoms with Crippen LogP contribution in [-0.4, -0.2) is 13.1 Å². The van der Waals surface area contributed by atoms with Crippen LogP contribution in [0.4, 0.5) is 15.8 Å². The van der Waals surface area contributed by atoms with E-state index in [0.717, 1.165) is 24.9 Å². The molecule has 1 aromatic rings. The van der Waals surface area contributed by atoms with Crippen LogP contribution in [0.3, 0.4) is 0 Å². The van der Waals surface area contributed by atoms with Crippen LogP contribution in [0.2, 0.25) is 0 Å². The predicted octanol–water partition coefficient (Wildman–Crippen LogP) is 3.03. The predicted molar refractivity (Wildman–Crippen MR) is 68.5 cm³/mol. The van der Waals surface area contributed by atoms with Crippen molar-refractivity contribution in [3.05, 3.63) is 24.0 Å². The first-order valence-electron chi connectivity index (χ1n) is 6.53. The van der Waals surface area contributed by atoms with E-state index in [0.29, 0.717) is 11.4 Å². The van der Waals surface area contributed by atoms with Crippen LogP contribution in [0.1, 0.15) is 25.7 Å². The first-order valence-corrected chi connectivity index (χ1v) is 6.53. The number of benzene rings is 1. The molecule has 0 amide bonds. The molecule has 2 atom stereocenters. The van der Waals surface area contributed by atoms with Crippen LogP contribution in [0, 0.1) is 17.7 Å². The number of nitrogens with zero attached hydrogens (tertiary/aromatic N) is 1. The van der Waals surface area contributed by atoms with Crippen LogP contribution in [-0.2, 0) is 0 Å². The van der Waals surface area contributed by atoms with E-state index in [-0.39, 0.29) is 5.82 Å². The zero-order chi connectivity index (χ0) is 11.8. The minimum absolute atomic E-state index is 0.176. The summed E-state index contributed by atoms with van der Waals surface area (Å²) in [5.74, 6) is 1.30. The van der Waals surface area contributed by atoms with Gasteiger partial charge in [-0.25, -0.2) is 4.39 Å². The quantitative estimate of drug-likeness (QED) is 0.757. The van der Waals surface area contributed by atoms with Gasteiger partial charge in [0.25, 0.3) is 0 Å². The second-order valence-corrected chi connectivity index (χ2v) is 5.48. The lowest BCUT2D eigenvalue weighted by Gasteiger charge is -2.42. The molecule has 1 saturated carbocycles. The Balaban J connectivity index is 1.89. The number of hydrogen-bond donors (Lipinski definition) is 1. The van der Waals surface area contributed by atoms with E-state index in [9.17, 15) is 4.39 Å². The summed E-state index contributed by atoms with van der Waals surface area (Å²) in [6.45, 7) is 1.95. The molecule has 1 aromatic carbocycles. The molecule has 17 heavy (non-hydrogen) atoms. The van der Waals surface area contributed by atoms with Crippen molar-refractivity contribution in [2.75, 3.05) is 23.7 Å². The third-order valence-electron chi connectivity index (χ3n) is 4.18. The van der Waals surface area contributed by atoms with E-state index < -0.39 is 0 Å². The Morgan fingerprint density at radius 2 is 1.88 bits per heavy atom. The molecule has 0 radical (unpaired) electrons. The van der Waals surface area contributed by atoms with Gasteiger partial charge in [-0.2, -0.15) is 0 Å². The van der Waals surface area contributed by atoms with Crippen molar-refractivity contribution in [2.24, 2.45) is 11.8 Å². The summed E-state index contributed by atoms with van der Waals surface area (Å²) in [7, 11) is 0. The van der Waals surface area contributed by atoms with Crippen LogP contribution in [0.5, 0.6) is 0 Å². The Morgan fingerprint density at radius 1 is 1.18 bits per heavy atom. The van der Waals surface area contributed by atoms with Gasteiger partial charge in [-0.3, -0.25) is 0 Å². The molecule has 0 spiro atoms. The van der Waals surface area contributed by atoms with Crippen LogP contribution >= 0.6 is 0 Å². The molecule has 2 bridgehead atoms. The lowest BCUT2D eigenvalue weighted by molar-refractivity contribution is 0.230. The lowest BCUT2D eigenvalue weighted by Crippen LogP contribution is -2.43. The van der Waals surface area contributed by atoms with E-state index in [1.807, 2.05) is 0 Å². The zero-order valence-corrected chi connectivity index (χ0v) is 10.0. The molecule has 2 fully saturated rings. The fraction of sp³-hybridized carbons (Fsp3) is 0.571. The monoisotopic (exact) mass is 234 g/mol. The average Bonchev–Trinajstić information content (AvgIpc) is 2.28. The SMILES string of the molecule is Nc1cccc(F)c1N1CC2CCCC(C2)C1. The molecule has 2 nitrogen and oxygen atoms in total. The van der Waals surface area contributed by atoms with Gasteiger partial charge in [-0.1, -0.05) is 12.5 Å². The number of piperidine rings is 1. The molecule has 1 saturated heterocycles. The van der Waals surface area contributed by atoms with Gasteiger partial charge >= 0.3 is 0 Å². The van der Waals surface area contributed by atoms with Crippen molar-refractivity contribution < 1.29 is 4.39 Å². The topological polar surface area (TPSA) is 29.3 Å². The summed E-state index contributed by atoms with van der Waals surface area (Å²) in [6.07, 6.45) is 5.25. The third-order valence-corrected chi connectivity index (χ3v) is 4.18. The molecule has 92 valence electrons. The second-order valence-electron chi connectivity index (χ2n) is 5.48. The highest BCUT2D eigenvalue weighted by Gasteiger charge is 2.32. The highest BCUT2D eigenvalue weighted by atomic mass is 19.1. The van der Waals surface area contributed by atoms with Gasteiger partial charge in [-0.15, -0.1) is 0 Å². The summed E-state index contributed by atoms with van der Waals surface area (Å²) in [5, 5.41) is 0. The van der Waals surface area contributed by atoms with Crippen LogP contribution < -0.4 is 10.6 Å². The fourth-order valence-corrected chi connectivity index (χ4v) is 3.48. The van der Waals surface area contributed by atoms with Gasteiger partial charge < -0.3 is 10.6 Å². The molecule has 1 aliphatic heterocycles.